The molecular formula is C26H29FN2O4. The van der Waals surface area contributed by atoms with Crippen molar-refractivity contribution in [2.45, 2.75) is 12.6 Å². The predicted molar refractivity (Wildman–Crippen MR) is 125 cm³/mol. The number of carbonyl (C=O) groups is 1. The summed E-state index contributed by atoms with van der Waals surface area (Å²) in [5.41, 5.74) is 2.14. The summed E-state index contributed by atoms with van der Waals surface area (Å²) in [4.78, 5) is 14.9. The first-order chi connectivity index (χ1) is 15.9. The van der Waals surface area contributed by atoms with Gasteiger partial charge in [-0.3, -0.25) is 4.79 Å². The van der Waals surface area contributed by atoms with E-state index in [9.17, 15) is 9.18 Å². The zero-order chi connectivity index (χ0) is 23.8. The lowest BCUT2D eigenvalue weighted by Gasteiger charge is -2.25. The molecule has 1 N–H and O–H groups in total. The zero-order valence-electron chi connectivity index (χ0n) is 19.3. The SMILES string of the molecule is COc1cc(C(=O)NC[C@H](c2cccc(F)c2)N(C)C)cc(OC)c1OCc1ccccc1. The number of likely N-dealkylation sites (N-methyl/N-ethyl adjacent to an activating group) is 1. The fourth-order valence-electron chi connectivity index (χ4n) is 3.49. The topological polar surface area (TPSA) is 60.0 Å². The van der Waals surface area contributed by atoms with E-state index in [2.05, 4.69) is 5.32 Å². The number of benzene rings is 3. The van der Waals surface area contributed by atoms with Gasteiger partial charge < -0.3 is 24.4 Å². The Morgan fingerprint density at radius 2 is 1.64 bits per heavy atom. The lowest BCUT2D eigenvalue weighted by Crippen LogP contribution is -2.34. The molecule has 0 aliphatic carbocycles. The molecule has 1 atom stereocenters. The quantitative estimate of drug-likeness (QED) is 0.492. The fourth-order valence-corrected chi connectivity index (χ4v) is 3.49. The van der Waals surface area contributed by atoms with E-state index in [4.69, 9.17) is 14.2 Å². The van der Waals surface area contributed by atoms with E-state index < -0.39 is 0 Å². The fraction of sp³-hybridized carbons (Fsp3) is 0.269. The van der Waals surface area contributed by atoms with E-state index in [1.807, 2.05) is 55.4 Å². The van der Waals surface area contributed by atoms with Crippen LogP contribution in [0.2, 0.25) is 0 Å². The molecule has 0 unspecified atom stereocenters. The summed E-state index contributed by atoms with van der Waals surface area (Å²) in [6, 6.07) is 19.1. The maximum Gasteiger partial charge on any atom is 0.251 e. The van der Waals surface area contributed by atoms with Crippen LogP contribution in [0.25, 0.3) is 0 Å². The monoisotopic (exact) mass is 452 g/mol. The molecule has 0 bridgehead atoms. The molecule has 0 heterocycles. The maximum atomic E-state index is 13.7. The van der Waals surface area contributed by atoms with Crippen LogP contribution in [0.15, 0.2) is 66.7 Å². The molecule has 3 aromatic rings. The highest BCUT2D eigenvalue weighted by atomic mass is 19.1. The summed E-state index contributed by atoms with van der Waals surface area (Å²) in [5.74, 6) is 0.594. The van der Waals surface area contributed by atoms with E-state index in [1.54, 1.807) is 18.2 Å². The highest BCUT2D eigenvalue weighted by Crippen LogP contribution is 2.39. The lowest BCUT2D eigenvalue weighted by molar-refractivity contribution is 0.0941. The molecule has 0 radical (unpaired) electrons. The summed E-state index contributed by atoms with van der Waals surface area (Å²) < 4.78 is 30.6. The minimum absolute atomic E-state index is 0.193. The molecule has 0 spiro atoms. The van der Waals surface area contributed by atoms with Crippen LogP contribution in [0.4, 0.5) is 4.39 Å². The van der Waals surface area contributed by atoms with Gasteiger partial charge in [-0.1, -0.05) is 42.5 Å². The van der Waals surface area contributed by atoms with Gasteiger partial charge in [-0.15, -0.1) is 0 Å². The Bertz CT molecular complexity index is 1050. The normalized spacial score (nSPS) is 11.7. The molecule has 6 nitrogen and oxygen atoms in total. The van der Waals surface area contributed by atoms with Gasteiger partial charge in [0, 0.05) is 12.1 Å². The molecule has 3 aromatic carbocycles. The molecule has 3 rings (SSSR count). The molecular weight excluding hydrogens is 423 g/mol. The number of methoxy groups -OCH3 is 2. The van der Waals surface area contributed by atoms with Crippen molar-refractivity contribution in [1.29, 1.82) is 0 Å². The van der Waals surface area contributed by atoms with Gasteiger partial charge in [0.1, 0.15) is 12.4 Å². The van der Waals surface area contributed by atoms with E-state index in [-0.39, 0.29) is 17.8 Å². The number of halogens is 1. The summed E-state index contributed by atoms with van der Waals surface area (Å²) in [6.45, 7) is 0.628. The third kappa shape index (κ3) is 6.23. The van der Waals surface area contributed by atoms with Gasteiger partial charge in [-0.25, -0.2) is 4.39 Å². The van der Waals surface area contributed by atoms with Crippen LogP contribution >= 0.6 is 0 Å². The lowest BCUT2D eigenvalue weighted by atomic mass is 10.1. The van der Waals surface area contributed by atoms with Crippen LogP contribution in [0, 0.1) is 5.82 Å². The van der Waals surface area contributed by atoms with Crippen molar-refractivity contribution in [2.75, 3.05) is 34.9 Å². The second kappa shape index (κ2) is 11.3. The molecule has 0 fully saturated rings. The van der Waals surface area contributed by atoms with Gasteiger partial charge in [0.2, 0.25) is 5.75 Å². The highest BCUT2D eigenvalue weighted by Gasteiger charge is 2.20. The second-order valence-electron chi connectivity index (χ2n) is 7.73. The smallest absolute Gasteiger partial charge is 0.251 e. The van der Waals surface area contributed by atoms with Gasteiger partial charge in [-0.2, -0.15) is 0 Å². The Morgan fingerprint density at radius 1 is 0.970 bits per heavy atom. The molecule has 1 amide bonds. The van der Waals surface area contributed by atoms with Crippen LogP contribution in [0.5, 0.6) is 17.2 Å². The van der Waals surface area contributed by atoms with Crippen LogP contribution in [-0.2, 0) is 6.61 Å². The van der Waals surface area contributed by atoms with Gasteiger partial charge >= 0.3 is 0 Å². The van der Waals surface area contributed by atoms with Crippen molar-refractivity contribution in [3.05, 3.63) is 89.2 Å². The number of amides is 1. The van der Waals surface area contributed by atoms with Crippen LogP contribution < -0.4 is 19.5 Å². The van der Waals surface area contributed by atoms with Gasteiger partial charge in [-0.05, 0) is 49.5 Å². The number of hydrogen-bond donors (Lipinski definition) is 1. The first kappa shape index (κ1) is 24.1. The van der Waals surface area contributed by atoms with Crippen molar-refractivity contribution >= 4 is 5.91 Å². The maximum absolute atomic E-state index is 13.7. The summed E-state index contributed by atoms with van der Waals surface area (Å²) in [7, 11) is 6.79. The molecule has 7 heteroatoms. The van der Waals surface area contributed by atoms with E-state index >= 15 is 0 Å². The number of ether oxygens (including phenoxy) is 3. The van der Waals surface area contributed by atoms with Gasteiger partial charge in [0.05, 0.1) is 20.3 Å². The summed E-state index contributed by atoms with van der Waals surface area (Å²) >= 11 is 0. The van der Waals surface area contributed by atoms with E-state index in [0.29, 0.717) is 36.0 Å². The second-order valence-corrected chi connectivity index (χ2v) is 7.73. The first-order valence-corrected chi connectivity index (χ1v) is 10.6. The Balaban J connectivity index is 1.76. The van der Waals surface area contributed by atoms with Crippen LogP contribution in [0.3, 0.4) is 0 Å². The highest BCUT2D eigenvalue weighted by molar-refractivity contribution is 5.95. The average Bonchev–Trinajstić information content (AvgIpc) is 2.82. The van der Waals surface area contributed by atoms with Crippen molar-refractivity contribution in [3.63, 3.8) is 0 Å². The van der Waals surface area contributed by atoms with Crippen molar-refractivity contribution in [2.24, 2.45) is 0 Å². The van der Waals surface area contributed by atoms with Crippen LogP contribution in [-0.4, -0.2) is 45.7 Å². The van der Waals surface area contributed by atoms with Gasteiger partial charge in [0.15, 0.2) is 11.5 Å². The Morgan fingerprint density at radius 3 is 2.21 bits per heavy atom. The number of rotatable bonds is 10. The largest absolute Gasteiger partial charge is 0.493 e. The minimum atomic E-state index is -0.314. The summed E-state index contributed by atoms with van der Waals surface area (Å²) in [5, 5.41) is 2.92. The third-order valence-corrected chi connectivity index (χ3v) is 5.26. The Labute approximate surface area is 193 Å². The number of nitrogens with one attached hydrogen (secondary N) is 1. The number of nitrogens with zero attached hydrogens (tertiary/aromatic N) is 1. The average molecular weight is 453 g/mol. The Hall–Kier alpha value is -3.58. The molecule has 0 aromatic heterocycles. The molecule has 0 aliphatic rings. The molecule has 174 valence electrons. The number of carbonyl (C=O) groups excluding carboxylic acids is 1. The van der Waals surface area contributed by atoms with Crippen molar-refractivity contribution in [1.82, 2.24) is 10.2 Å². The molecule has 0 saturated carbocycles. The van der Waals surface area contributed by atoms with Crippen molar-refractivity contribution < 1.29 is 23.4 Å². The first-order valence-electron chi connectivity index (χ1n) is 10.6. The minimum Gasteiger partial charge on any atom is -0.493 e. The van der Waals surface area contributed by atoms with Crippen molar-refractivity contribution in [3.8, 4) is 17.2 Å². The van der Waals surface area contributed by atoms with E-state index in [1.165, 1.54) is 26.4 Å². The Kier molecular flexibility index (Phi) is 8.27. The van der Waals surface area contributed by atoms with Gasteiger partial charge in [0.25, 0.3) is 5.91 Å². The van der Waals surface area contributed by atoms with E-state index in [0.717, 1.165) is 11.1 Å². The number of hydrogen-bond acceptors (Lipinski definition) is 5. The zero-order valence-corrected chi connectivity index (χ0v) is 19.3. The standard InChI is InChI=1S/C26H29FN2O4/c1-29(2)22(19-11-8-12-21(27)13-19)16-28-26(30)20-14-23(31-3)25(24(15-20)32-4)33-17-18-9-6-5-7-10-18/h5-15,22H,16-17H2,1-4H3,(H,28,30)/t22-/m1/s1. The molecule has 0 aliphatic heterocycles. The third-order valence-electron chi connectivity index (χ3n) is 5.26. The van der Waals surface area contributed by atoms with Crippen LogP contribution in [0.1, 0.15) is 27.5 Å². The molecule has 0 saturated heterocycles. The summed E-state index contributed by atoms with van der Waals surface area (Å²) in [6.07, 6.45) is 0. The molecule has 33 heavy (non-hydrogen) atoms. The predicted octanol–water partition coefficient (Wildman–Crippen LogP) is 4.45.